The number of anilines is 1. The highest BCUT2D eigenvalue weighted by molar-refractivity contribution is 5.45. The van der Waals surface area contributed by atoms with Crippen molar-refractivity contribution in [3.8, 4) is 0 Å². The van der Waals surface area contributed by atoms with Crippen LogP contribution in [0.3, 0.4) is 0 Å². The zero-order valence-electron chi connectivity index (χ0n) is 11.3. The summed E-state index contributed by atoms with van der Waals surface area (Å²) < 4.78 is 25.9. The van der Waals surface area contributed by atoms with Crippen LogP contribution in [0.2, 0.25) is 0 Å². The largest absolute Gasteiger partial charge is 0.388 e. The summed E-state index contributed by atoms with van der Waals surface area (Å²) in [4.78, 5) is 1.92. The minimum atomic E-state index is -0.714. The fourth-order valence-electron chi connectivity index (χ4n) is 2.02. The third-order valence-corrected chi connectivity index (χ3v) is 3.24. The lowest BCUT2D eigenvalue weighted by Crippen LogP contribution is -2.20. The second kappa shape index (κ2) is 6.48. The van der Waals surface area contributed by atoms with E-state index in [-0.39, 0.29) is 11.6 Å². The number of halogens is 2. The number of nitrogens with zero attached hydrogens (tertiary/aromatic N) is 1. The highest BCUT2D eigenvalue weighted by atomic mass is 19.1. The predicted octanol–water partition coefficient (Wildman–Crippen LogP) is 3.52. The predicted molar refractivity (Wildman–Crippen MR) is 75.6 cm³/mol. The molecule has 0 fully saturated rings. The summed E-state index contributed by atoms with van der Waals surface area (Å²) in [6.45, 7) is 0.587. The van der Waals surface area contributed by atoms with Crippen LogP contribution in [0.15, 0.2) is 48.5 Å². The standard InChI is InChI=1S/C16H17F2NO/c1-19(15-7-5-13(17)6-8-15)10-9-16(20)12-3-2-4-14(18)11-12/h2-8,11,16,20H,9-10H2,1H3. The van der Waals surface area contributed by atoms with Gasteiger partial charge in [-0.2, -0.15) is 0 Å². The third-order valence-electron chi connectivity index (χ3n) is 3.24. The van der Waals surface area contributed by atoms with Crippen molar-refractivity contribution in [3.63, 3.8) is 0 Å². The van der Waals surface area contributed by atoms with E-state index >= 15 is 0 Å². The molecule has 1 N–H and O–H groups in total. The SMILES string of the molecule is CN(CCC(O)c1cccc(F)c1)c1ccc(F)cc1. The first-order valence-electron chi connectivity index (χ1n) is 6.46. The Bertz CT molecular complexity index is 557. The van der Waals surface area contributed by atoms with Gasteiger partial charge in [-0.3, -0.25) is 0 Å². The Morgan fingerprint density at radius 1 is 1.05 bits per heavy atom. The zero-order valence-corrected chi connectivity index (χ0v) is 11.3. The molecule has 106 valence electrons. The molecule has 0 amide bonds. The molecule has 2 aromatic carbocycles. The summed E-state index contributed by atoms with van der Waals surface area (Å²) in [5, 5.41) is 10.0. The van der Waals surface area contributed by atoms with Gasteiger partial charge in [0.1, 0.15) is 11.6 Å². The van der Waals surface area contributed by atoms with E-state index in [0.29, 0.717) is 18.5 Å². The summed E-state index contributed by atoms with van der Waals surface area (Å²) in [6.07, 6.45) is -0.245. The van der Waals surface area contributed by atoms with E-state index in [9.17, 15) is 13.9 Å². The molecule has 0 spiro atoms. The van der Waals surface area contributed by atoms with Crippen LogP contribution in [-0.2, 0) is 0 Å². The molecule has 2 rings (SSSR count). The molecule has 0 radical (unpaired) electrons. The van der Waals surface area contributed by atoms with Gasteiger partial charge >= 0.3 is 0 Å². The molecule has 0 bridgehead atoms. The van der Waals surface area contributed by atoms with Gasteiger partial charge in [-0.1, -0.05) is 12.1 Å². The smallest absolute Gasteiger partial charge is 0.123 e. The van der Waals surface area contributed by atoms with Gasteiger partial charge in [0.05, 0.1) is 6.10 Å². The molecule has 0 aliphatic heterocycles. The normalized spacial score (nSPS) is 12.2. The summed E-state index contributed by atoms with van der Waals surface area (Å²) in [6, 6.07) is 12.1. The highest BCUT2D eigenvalue weighted by Crippen LogP contribution is 2.20. The molecule has 0 aromatic heterocycles. The van der Waals surface area contributed by atoms with Gasteiger partial charge in [-0.15, -0.1) is 0 Å². The van der Waals surface area contributed by atoms with Gasteiger partial charge in [-0.05, 0) is 48.4 Å². The van der Waals surface area contributed by atoms with Crippen LogP contribution in [-0.4, -0.2) is 18.7 Å². The van der Waals surface area contributed by atoms with Crippen LogP contribution < -0.4 is 4.90 Å². The Balaban J connectivity index is 1.93. The van der Waals surface area contributed by atoms with Crippen LogP contribution in [0, 0.1) is 11.6 Å². The van der Waals surface area contributed by atoms with Gasteiger partial charge in [-0.25, -0.2) is 8.78 Å². The van der Waals surface area contributed by atoms with E-state index in [1.165, 1.54) is 24.3 Å². The van der Waals surface area contributed by atoms with Crippen molar-refractivity contribution in [2.45, 2.75) is 12.5 Å². The van der Waals surface area contributed by atoms with Crippen LogP contribution in [0.1, 0.15) is 18.1 Å². The van der Waals surface area contributed by atoms with Crippen molar-refractivity contribution >= 4 is 5.69 Å². The average molecular weight is 277 g/mol. The topological polar surface area (TPSA) is 23.5 Å². The lowest BCUT2D eigenvalue weighted by Gasteiger charge is -2.21. The van der Waals surface area contributed by atoms with Crippen molar-refractivity contribution in [3.05, 3.63) is 65.7 Å². The zero-order chi connectivity index (χ0) is 14.5. The maximum atomic E-state index is 13.1. The molecular formula is C16H17F2NO. The fourth-order valence-corrected chi connectivity index (χ4v) is 2.02. The van der Waals surface area contributed by atoms with Gasteiger partial charge in [0.2, 0.25) is 0 Å². The number of aliphatic hydroxyl groups excluding tert-OH is 1. The van der Waals surface area contributed by atoms with Crippen molar-refractivity contribution in [1.82, 2.24) is 0 Å². The Morgan fingerprint density at radius 2 is 1.75 bits per heavy atom. The maximum absolute atomic E-state index is 13.1. The van der Waals surface area contributed by atoms with E-state index in [4.69, 9.17) is 0 Å². The highest BCUT2D eigenvalue weighted by Gasteiger charge is 2.10. The maximum Gasteiger partial charge on any atom is 0.123 e. The first-order valence-corrected chi connectivity index (χ1v) is 6.46. The second-order valence-corrected chi connectivity index (χ2v) is 4.76. The molecule has 1 atom stereocenters. The van der Waals surface area contributed by atoms with Crippen LogP contribution in [0.25, 0.3) is 0 Å². The molecule has 20 heavy (non-hydrogen) atoms. The van der Waals surface area contributed by atoms with Gasteiger partial charge in [0, 0.05) is 19.3 Å². The first kappa shape index (κ1) is 14.5. The Labute approximate surface area is 117 Å². The summed E-state index contributed by atoms with van der Waals surface area (Å²) >= 11 is 0. The van der Waals surface area contributed by atoms with Crippen LogP contribution in [0.4, 0.5) is 14.5 Å². The fraction of sp³-hybridized carbons (Fsp3) is 0.250. The molecule has 2 nitrogen and oxygen atoms in total. The van der Waals surface area contributed by atoms with Crippen LogP contribution in [0.5, 0.6) is 0 Å². The molecule has 2 aromatic rings. The monoisotopic (exact) mass is 277 g/mol. The van der Waals surface area contributed by atoms with Crippen molar-refractivity contribution in [2.75, 3.05) is 18.5 Å². The minimum Gasteiger partial charge on any atom is -0.388 e. The number of rotatable bonds is 5. The lowest BCUT2D eigenvalue weighted by atomic mass is 10.1. The lowest BCUT2D eigenvalue weighted by molar-refractivity contribution is 0.169. The molecule has 0 heterocycles. The van der Waals surface area contributed by atoms with Gasteiger partial charge in [0.15, 0.2) is 0 Å². The minimum absolute atomic E-state index is 0.276. The average Bonchev–Trinajstić information content (AvgIpc) is 2.45. The summed E-state index contributed by atoms with van der Waals surface area (Å²) in [5.74, 6) is -0.629. The first-order chi connectivity index (χ1) is 9.56. The van der Waals surface area contributed by atoms with Crippen molar-refractivity contribution in [2.24, 2.45) is 0 Å². The van der Waals surface area contributed by atoms with E-state index in [2.05, 4.69) is 0 Å². The number of hydrogen-bond acceptors (Lipinski definition) is 2. The molecule has 4 heteroatoms. The van der Waals surface area contributed by atoms with E-state index in [0.717, 1.165) is 5.69 Å². The number of aliphatic hydroxyl groups is 1. The summed E-state index contributed by atoms with van der Waals surface area (Å²) in [5.41, 5.74) is 1.44. The van der Waals surface area contributed by atoms with E-state index in [1.807, 2.05) is 11.9 Å². The second-order valence-electron chi connectivity index (χ2n) is 4.76. The molecule has 0 saturated carbocycles. The Hall–Kier alpha value is -1.94. The Kier molecular flexibility index (Phi) is 4.69. The Morgan fingerprint density at radius 3 is 2.40 bits per heavy atom. The molecule has 1 unspecified atom stereocenters. The number of benzene rings is 2. The quantitative estimate of drug-likeness (QED) is 0.903. The molecular weight excluding hydrogens is 260 g/mol. The van der Waals surface area contributed by atoms with Crippen molar-refractivity contribution < 1.29 is 13.9 Å². The van der Waals surface area contributed by atoms with Gasteiger partial charge in [0.25, 0.3) is 0 Å². The summed E-state index contributed by atoms with van der Waals surface area (Å²) in [7, 11) is 1.87. The van der Waals surface area contributed by atoms with Gasteiger partial charge < -0.3 is 10.0 Å². The van der Waals surface area contributed by atoms with Crippen molar-refractivity contribution in [1.29, 1.82) is 0 Å². The molecule has 0 saturated heterocycles. The van der Waals surface area contributed by atoms with E-state index < -0.39 is 6.10 Å². The molecule has 0 aliphatic carbocycles. The van der Waals surface area contributed by atoms with E-state index in [1.54, 1.807) is 24.3 Å². The number of hydrogen-bond donors (Lipinski definition) is 1. The molecule has 0 aliphatic rings. The van der Waals surface area contributed by atoms with Crippen LogP contribution >= 0.6 is 0 Å². The third kappa shape index (κ3) is 3.78.